The molecule has 0 aliphatic carbocycles. The molecule has 0 spiro atoms. The number of aliphatic carboxylic acids is 1. The Hall–Kier alpha value is -1.88. The second-order valence-corrected chi connectivity index (χ2v) is 4.29. The van der Waals surface area contributed by atoms with Crippen LogP contribution in [0.3, 0.4) is 0 Å². The van der Waals surface area contributed by atoms with Crippen LogP contribution in [0.25, 0.3) is 10.9 Å². The van der Waals surface area contributed by atoms with Crippen molar-refractivity contribution in [2.24, 2.45) is 5.73 Å². The van der Waals surface area contributed by atoms with Crippen molar-refractivity contribution in [1.29, 1.82) is 0 Å². The molecule has 1 heterocycles. The normalized spacial score (nSPS) is 14.6. The maximum absolute atomic E-state index is 13.8. The predicted octanol–water partition coefficient (Wildman–Crippen LogP) is 2.21. The number of benzene rings is 1. The standard InChI is InChI=1S/C13H15FN2O2/c1-2-7(12(15)13(17)18)8-6-16-10-5-3-4-9(14)11(8)10/h3-7,12,16H,2,15H2,1H3,(H,17,18). The molecular weight excluding hydrogens is 235 g/mol. The summed E-state index contributed by atoms with van der Waals surface area (Å²) in [6, 6.07) is 3.68. The van der Waals surface area contributed by atoms with Crippen LogP contribution in [0.5, 0.6) is 0 Å². The van der Waals surface area contributed by atoms with E-state index < -0.39 is 17.9 Å². The number of aromatic nitrogens is 1. The number of carboxylic acid groups (broad SMARTS) is 1. The van der Waals surface area contributed by atoms with Crippen molar-refractivity contribution in [2.75, 3.05) is 0 Å². The molecule has 0 radical (unpaired) electrons. The number of rotatable bonds is 4. The van der Waals surface area contributed by atoms with Crippen molar-refractivity contribution in [3.05, 3.63) is 35.8 Å². The van der Waals surface area contributed by atoms with Gasteiger partial charge in [0.2, 0.25) is 0 Å². The molecule has 0 aliphatic heterocycles. The Labute approximate surface area is 104 Å². The largest absolute Gasteiger partial charge is 0.480 e. The molecule has 96 valence electrons. The van der Waals surface area contributed by atoms with Crippen molar-refractivity contribution in [1.82, 2.24) is 4.98 Å². The van der Waals surface area contributed by atoms with Crippen LogP contribution in [0.1, 0.15) is 24.8 Å². The summed E-state index contributed by atoms with van der Waals surface area (Å²) in [5.41, 5.74) is 6.95. The second kappa shape index (κ2) is 4.78. The number of nitrogens with one attached hydrogen (secondary N) is 1. The first-order valence-corrected chi connectivity index (χ1v) is 5.80. The fourth-order valence-corrected chi connectivity index (χ4v) is 2.30. The number of hydrogen-bond acceptors (Lipinski definition) is 2. The molecule has 0 amide bonds. The zero-order valence-corrected chi connectivity index (χ0v) is 9.98. The molecule has 4 N–H and O–H groups in total. The number of nitrogens with two attached hydrogens (primary N) is 1. The molecule has 0 aliphatic rings. The predicted molar refractivity (Wildman–Crippen MR) is 66.9 cm³/mol. The van der Waals surface area contributed by atoms with Crippen molar-refractivity contribution in [3.8, 4) is 0 Å². The smallest absolute Gasteiger partial charge is 0.321 e. The highest BCUT2D eigenvalue weighted by Gasteiger charge is 2.27. The molecule has 1 aromatic carbocycles. The first kappa shape index (κ1) is 12.6. The van der Waals surface area contributed by atoms with Gasteiger partial charge in [-0.05, 0) is 24.1 Å². The van der Waals surface area contributed by atoms with Crippen molar-refractivity contribution >= 4 is 16.9 Å². The van der Waals surface area contributed by atoms with Gasteiger partial charge in [-0.1, -0.05) is 13.0 Å². The summed E-state index contributed by atoms with van der Waals surface area (Å²) in [6.45, 7) is 1.84. The van der Waals surface area contributed by atoms with Crippen LogP contribution < -0.4 is 5.73 Å². The van der Waals surface area contributed by atoms with Gasteiger partial charge in [-0.25, -0.2) is 4.39 Å². The quantitative estimate of drug-likeness (QED) is 0.778. The molecule has 4 nitrogen and oxygen atoms in total. The van der Waals surface area contributed by atoms with Crippen LogP contribution in [-0.4, -0.2) is 22.1 Å². The summed E-state index contributed by atoms with van der Waals surface area (Å²) in [6.07, 6.45) is 2.18. The Bertz CT molecular complexity index is 579. The third kappa shape index (κ3) is 1.97. The van der Waals surface area contributed by atoms with E-state index in [1.165, 1.54) is 6.07 Å². The number of hydrogen-bond donors (Lipinski definition) is 3. The lowest BCUT2D eigenvalue weighted by molar-refractivity contribution is -0.139. The molecule has 2 atom stereocenters. The van der Waals surface area contributed by atoms with Gasteiger partial charge in [0.25, 0.3) is 0 Å². The van der Waals surface area contributed by atoms with Gasteiger partial charge in [0, 0.05) is 23.0 Å². The molecule has 2 aromatic rings. The molecule has 0 bridgehead atoms. The molecule has 2 rings (SSSR count). The number of carboxylic acids is 1. The van der Waals surface area contributed by atoms with Gasteiger partial charge >= 0.3 is 5.97 Å². The van der Waals surface area contributed by atoms with E-state index in [1.54, 1.807) is 18.3 Å². The Kier molecular flexibility index (Phi) is 3.34. The minimum Gasteiger partial charge on any atom is -0.480 e. The molecule has 18 heavy (non-hydrogen) atoms. The summed E-state index contributed by atoms with van der Waals surface area (Å²) < 4.78 is 13.8. The Morgan fingerprint density at radius 2 is 2.28 bits per heavy atom. The van der Waals surface area contributed by atoms with Crippen molar-refractivity contribution in [2.45, 2.75) is 25.3 Å². The average Bonchev–Trinajstić information content (AvgIpc) is 2.75. The summed E-state index contributed by atoms with van der Waals surface area (Å²) in [5.74, 6) is -1.85. The van der Waals surface area contributed by atoms with E-state index in [9.17, 15) is 9.18 Å². The van der Waals surface area contributed by atoms with Gasteiger partial charge in [0.05, 0.1) is 0 Å². The molecule has 1 aromatic heterocycles. The van der Waals surface area contributed by atoms with Crippen LogP contribution in [-0.2, 0) is 4.79 Å². The van der Waals surface area contributed by atoms with Crippen LogP contribution in [0, 0.1) is 5.82 Å². The number of carbonyl (C=O) groups is 1. The van der Waals surface area contributed by atoms with Gasteiger partial charge in [0.15, 0.2) is 0 Å². The summed E-state index contributed by atoms with van der Waals surface area (Å²) in [7, 11) is 0. The van der Waals surface area contributed by atoms with Gasteiger partial charge in [-0.2, -0.15) is 0 Å². The third-order valence-corrected chi connectivity index (χ3v) is 3.24. The lowest BCUT2D eigenvalue weighted by Crippen LogP contribution is -2.36. The van der Waals surface area contributed by atoms with Gasteiger partial charge in [-0.3, -0.25) is 4.79 Å². The zero-order chi connectivity index (χ0) is 13.3. The molecule has 0 saturated heterocycles. The van der Waals surface area contributed by atoms with Gasteiger partial charge in [-0.15, -0.1) is 0 Å². The molecule has 2 unspecified atom stereocenters. The molecule has 0 saturated carbocycles. The SMILES string of the molecule is CCC(c1c[nH]c2cccc(F)c12)C(N)C(=O)O. The lowest BCUT2D eigenvalue weighted by Gasteiger charge is -2.18. The minimum absolute atomic E-state index is 0.361. The number of fused-ring (bicyclic) bond motifs is 1. The second-order valence-electron chi connectivity index (χ2n) is 4.29. The maximum Gasteiger partial charge on any atom is 0.321 e. The van der Waals surface area contributed by atoms with E-state index in [1.807, 2.05) is 6.92 Å². The van der Waals surface area contributed by atoms with Crippen LogP contribution in [0.4, 0.5) is 4.39 Å². The van der Waals surface area contributed by atoms with Crippen molar-refractivity contribution < 1.29 is 14.3 Å². The van der Waals surface area contributed by atoms with Crippen LogP contribution in [0.2, 0.25) is 0 Å². The Morgan fingerprint density at radius 3 is 2.89 bits per heavy atom. The summed E-state index contributed by atoms with van der Waals surface area (Å²) in [5, 5.41) is 9.43. The first-order chi connectivity index (χ1) is 8.56. The third-order valence-electron chi connectivity index (χ3n) is 3.24. The number of halogens is 1. The Morgan fingerprint density at radius 1 is 1.56 bits per heavy atom. The van der Waals surface area contributed by atoms with Gasteiger partial charge in [0.1, 0.15) is 11.9 Å². The molecule has 0 fully saturated rings. The van der Waals surface area contributed by atoms with E-state index in [0.717, 1.165) is 0 Å². The topological polar surface area (TPSA) is 79.1 Å². The zero-order valence-electron chi connectivity index (χ0n) is 9.98. The molecular formula is C13H15FN2O2. The summed E-state index contributed by atoms with van der Waals surface area (Å²) in [4.78, 5) is 13.9. The van der Waals surface area contributed by atoms with Crippen molar-refractivity contribution in [3.63, 3.8) is 0 Å². The minimum atomic E-state index is -1.08. The van der Waals surface area contributed by atoms with Crippen LogP contribution >= 0.6 is 0 Å². The Balaban J connectivity index is 2.55. The number of aromatic amines is 1. The van der Waals surface area contributed by atoms with E-state index in [2.05, 4.69) is 4.98 Å². The van der Waals surface area contributed by atoms with Gasteiger partial charge < -0.3 is 15.8 Å². The highest BCUT2D eigenvalue weighted by molar-refractivity contribution is 5.86. The monoisotopic (exact) mass is 250 g/mol. The van der Waals surface area contributed by atoms with E-state index in [4.69, 9.17) is 10.8 Å². The highest BCUT2D eigenvalue weighted by Crippen LogP contribution is 2.31. The van der Waals surface area contributed by atoms with E-state index >= 15 is 0 Å². The van der Waals surface area contributed by atoms with E-state index in [-0.39, 0.29) is 5.82 Å². The van der Waals surface area contributed by atoms with E-state index in [0.29, 0.717) is 22.9 Å². The fraction of sp³-hybridized carbons (Fsp3) is 0.308. The fourth-order valence-electron chi connectivity index (χ4n) is 2.30. The number of H-pyrrole nitrogens is 1. The highest BCUT2D eigenvalue weighted by atomic mass is 19.1. The average molecular weight is 250 g/mol. The lowest BCUT2D eigenvalue weighted by atomic mass is 9.89. The summed E-state index contributed by atoms with van der Waals surface area (Å²) >= 11 is 0. The van der Waals surface area contributed by atoms with Crippen LogP contribution in [0.15, 0.2) is 24.4 Å². The first-order valence-electron chi connectivity index (χ1n) is 5.80. The maximum atomic E-state index is 13.8. The molecule has 5 heteroatoms.